The highest BCUT2D eigenvalue weighted by molar-refractivity contribution is 9.10. The van der Waals surface area contributed by atoms with E-state index in [2.05, 4.69) is 28.1 Å². The molecule has 3 heteroatoms. The standard InChI is InChI=1S/C17H17BrO2/c1-11(19)16-8-6-14(18)10-17(16)20-15-7-5-12-3-2-4-13(12)9-15/h5-11,19H,2-4H2,1H3. The van der Waals surface area contributed by atoms with Crippen LogP contribution in [0.15, 0.2) is 40.9 Å². The van der Waals surface area contributed by atoms with Crippen molar-refractivity contribution in [3.63, 3.8) is 0 Å². The van der Waals surface area contributed by atoms with E-state index in [1.54, 1.807) is 6.92 Å². The van der Waals surface area contributed by atoms with E-state index in [-0.39, 0.29) is 0 Å². The molecule has 104 valence electrons. The lowest BCUT2D eigenvalue weighted by atomic mass is 10.1. The smallest absolute Gasteiger partial charge is 0.134 e. The Hall–Kier alpha value is -1.32. The minimum Gasteiger partial charge on any atom is -0.457 e. The van der Waals surface area contributed by atoms with Crippen molar-refractivity contribution in [2.24, 2.45) is 0 Å². The number of fused-ring (bicyclic) bond motifs is 1. The molecule has 0 saturated carbocycles. The van der Waals surface area contributed by atoms with Crippen molar-refractivity contribution in [1.82, 2.24) is 0 Å². The third kappa shape index (κ3) is 2.74. The van der Waals surface area contributed by atoms with Gasteiger partial charge in [-0.1, -0.05) is 28.1 Å². The molecule has 2 aromatic rings. The number of aliphatic hydroxyl groups excluding tert-OH is 1. The van der Waals surface area contributed by atoms with Gasteiger partial charge in [0.2, 0.25) is 0 Å². The van der Waals surface area contributed by atoms with Gasteiger partial charge in [-0.3, -0.25) is 0 Å². The lowest BCUT2D eigenvalue weighted by Gasteiger charge is -2.14. The summed E-state index contributed by atoms with van der Waals surface area (Å²) in [5.41, 5.74) is 3.62. The number of halogens is 1. The van der Waals surface area contributed by atoms with Crippen molar-refractivity contribution in [3.8, 4) is 11.5 Å². The van der Waals surface area contributed by atoms with Crippen LogP contribution in [-0.2, 0) is 12.8 Å². The second-order valence-electron chi connectivity index (χ2n) is 5.24. The fourth-order valence-corrected chi connectivity index (χ4v) is 3.02. The monoisotopic (exact) mass is 332 g/mol. The molecular weight excluding hydrogens is 316 g/mol. The molecule has 3 rings (SSSR count). The van der Waals surface area contributed by atoms with E-state index in [9.17, 15) is 5.11 Å². The van der Waals surface area contributed by atoms with Crippen molar-refractivity contribution in [3.05, 3.63) is 57.6 Å². The highest BCUT2D eigenvalue weighted by Gasteiger charge is 2.14. The summed E-state index contributed by atoms with van der Waals surface area (Å²) in [5.74, 6) is 1.54. The maximum absolute atomic E-state index is 9.83. The Morgan fingerprint density at radius 1 is 1.10 bits per heavy atom. The maximum atomic E-state index is 9.83. The van der Waals surface area contributed by atoms with Gasteiger partial charge in [-0.25, -0.2) is 0 Å². The summed E-state index contributed by atoms with van der Waals surface area (Å²) in [5, 5.41) is 9.83. The molecule has 1 unspecified atom stereocenters. The second kappa shape index (κ2) is 5.58. The predicted octanol–water partition coefficient (Wildman–Crippen LogP) is 4.78. The number of rotatable bonds is 3. The van der Waals surface area contributed by atoms with E-state index in [0.29, 0.717) is 5.75 Å². The number of ether oxygens (including phenoxy) is 1. The van der Waals surface area contributed by atoms with Crippen LogP contribution in [0, 0.1) is 0 Å². The molecule has 2 nitrogen and oxygen atoms in total. The molecule has 0 amide bonds. The number of hydrogen-bond donors (Lipinski definition) is 1. The fourth-order valence-electron chi connectivity index (χ4n) is 2.68. The van der Waals surface area contributed by atoms with Gasteiger partial charge in [-0.05, 0) is 61.6 Å². The van der Waals surface area contributed by atoms with E-state index >= 15 is 0 Å². The lowest BCUT2D eigenvalue weighted by molar-refractivity contribution is 0.195. The molecule has 20 heavy (non-hydrogen) atoms. The summed E-state index contributed by atoms with van der Waals surface area (Å²) in [6, 6.07) is 12.0. The van der Waals surface area contributed by atoms with Gasteiger partial charge >= 0.3 is 0 Å². The van der Waals surface area contributed by atoms with Crippen molar-refractivity contribution in [2.45, 2.75) is 32.3 Å². The molecule has 0 aliphatic heterocycles. The van der Waals surface area contributed by atoms with Gasteiger partial charge < -0.3 is 9.84 Å². The van der Waals surface area contributed by atoms with Gasteiger partial charge in [0.25, 0.3) is 0 Å². The summed E-state index contributed by atoms with van der Waals surface area (Å²) >= 11 is 3.45. The summed E-state index contributed by atoms with van der Waals surface area (Å²) in [4.78, 5) is 0. The minimum absolute atomic E-state index is 0.549. The zero-order chi connectivity index (χ0) is 14.1. The summed E-state index contributed by atoms with van der Waals surface area (Å²) in [7, 11) is 0. The van der Waals surface area contributed by atoms with Gasteiger partial charge in [0.15, 0.2) is 0 Å². The first-order valence-electron chi connectivity index (χ1n) is 6.90. The molecule has 1 N–H and O–H groups in total. The number of hydrogen-bond acceptors (Lipinski definition) is 2. The topological polar surface area (TPSA) is 29.5 Å². The first-order valence-corrected chi connectivity index (χ1v) is 7.70. The van der Waals surface area contributed by atoms with Crippen molar-refractivity contribution >= 4 is 15.9 Å². The predicted molar refractivity (Wildman–Crippen MR) is 83.3 cm³/mol. The first-order chi connectivity index (χ1) is 9.63. The van der Waals surface area contributed by atoms with E-state index < -0.39 is 6.10 Å². The SMILES string of the molecule is CC(O)c1ccc(Br)cc1Oc1ccc2c(c1)CCC2. The van der Waals surface area contributed by atoms with Crippen molar-refractivity contribution in [1.29, 1.82) is 0 Å². The van der Waals surface area contributed by atoms with Gasteiger partial charge in [-0.15, -0.1) is 0 Å². The third-order valence-corrected chi connectivity index (χ3v) is 4.22. The average molecular weight is 333 g/mol. The van der Waals surface area contributed by atoms with Crippen LogP contribution in [0.2, 0.25) is 0 Å². The van der Waals surface area contributed by atoms with Crippen LogP contribution in [0.5, 0.6) is 11.5 Å². The van der Waals surface area contributed by atoms with Gasteiger partial charge in [0.05, 0.1) is 6.10 Å². The van der Waals surface area contributed by atoms with E-state index in [1.165, 1.54) is 24.0 Å². The minimum atomic E-state index is -0.549. The van der Waals surface area contributed by atoms with E-state index in [0.717, 1.165) is 22.2 Å². The Morgan fingerprint density at radius 3 is 2.70 bits per heavy atom. The first kappa shape index (κ1) is 13.7. The van der Waals surface area contributed by atoms with Crippen LogP contribution >= 0.6 is 15.9 Å². The fraction of sp³-hybridized carbons (Fsp3) is 0.294. The molecule has 2 aromatic carbocycles. The third-order valence-electron chi connectivity index (χ3n) is 3.72. The van der Waals surface area contributed by atoms with Crippen LogP contribution in [0.3, 0.4) is 0 Å². The molecule has 0 radical (unpaired) electrons. The molecule has 1 atom stereocenters. The largest absolute Gasteiger partial charge is 0.457 e. The number of benzene rings is 2. The van der Waals surface area contributed by atoms with Crippen molar-refractivity contribution < 1.29 is 9.84 Å². The van der Waals surface area contributed by atoms with E-state index in [4.69, 9.17) is 4.74 Å². The zero-order valence-electron chi connectivity index (χ0n) is 11.4. The van der Waals surface area contributed by atoms with Crippen LogP contribution in [-0.4, -0.2) is 5.11 Å². The number of aryl methyl sites for hydroxylation is 2. The summed E-state index contributed by atoms with van der Waals surface area (Å²) in [6.07, 6.45) is 2.99. The molecule has 1 aliphatic carbocycles. The highest BCUT2D eigenvalue weighted by Crippen LogP contribution is 2.34. The second-order valence-corrected chi connectivity index (χ2v) is 6.16. The molecule has 0 spiro atoms. The average Bonchev–Trinajstić information content (AvgIpc) is 2.85. The Balaban J connectivity index is 1.93. The molecular formula is C17H17BrO2. The van der Waals surface area contributed by atoms with Gasteiger partial charge in [0, 0.05) is 10.0 Å². The van der Waals surface area contributed by atoms with E-state index in [1.807, 2.05) is 24.3 Å². The molecule has 0 aromatic heterocycles. The molecule has 0 heterocycles. The Labute approximate surface area is 127 Å². The number of aliphatic hydroxyl groups is 1. The lowest BCUT2D eigenvalue weighted by Crippen LogP contribution is -1.96. The maximum Gasteiger partial charge on any atom is 0.134 e. The molecule has 1 aliphatic rings. The normalized spacial score (nSPS) is 14.9. The van der Waals surface area contributed by atoms with Crippen LogP contribution in [0.25, 0.3) is 0 Å². The molecule has 0 saturated heterocycles. The Kier molecular flexibility index (Phi) is 3.81. The highest BCUT2D eigenvalue weighted by atomic mass is 79.9. The van der Waals surface area contributed by atoms with Gasteiger partial charge in [-0.2, -0.15) is 0 Å². The molecule has 0 bridgehead atoms. The zero-order valence-corrected chi connectivity index (χ0v) is 13.0. The quantitative estimate of drug-likeness (QED) is 0.876. The Bertz CT molecular complexity index is 635. The van der Waals surface area contributed by atoms with Crippen LogP contribution in [0.1, 0.15) is 36.1 Å². The molecule has 0 fully saturated rings. The van der Waals surface area contributed by atoms with Gasteiger partial charge in [0.1, 0.15) is 11.5 Å². The van der Waals surface area contributed by atoms with Crippen LogP contribution < -0.4 is 4.74 Å². The summed E-state index contributed by atoms with van der Waals surface area (Å²) < 4.78 is 6.93. The van der Waals surface area contributed by atoms with Crippen molar-refractivity contribution in [2.75, 3.05) is 0 Å². The van der Waals surface area contributed by atoms with Crippen LogP contribution in [0.4, 0.5) is 0 Å². The Morgan fingerprint density at radius 2 is 1.90 bits per heavy atom. The summed E-state index contributed by atoms with van der Waals surface area (Å²) in [6.45, 7) is 1.75.